The van der Waals surface area contributed by atoms with Gasteiger partial charge in [-0.05, 0) is 55.1 Å². The molecule has 2 aromatic carbocycles. The second-order valence-corrected chi connectivity index (χ2v) is 8.11. The molecule has 0 aromatic heterocycles. The van der Waals surface area contributed by atoms with Crippen molar-refractivity contribution in [2.24, 2.45) is 0 Å². The molecular weight excluding hydrogens is 393 g/mol. The van der Waals surface area contributed by atoms with Crippen molar-refractivity contribution >= 4 is 0 Å². The van der Waals surface area contributed by atoms with Gasteiger partial charge in [0.05, 0.1) is 13.7 Å². The largest absolute Gasteiger partial charge is 0.496 e. The van der Waals surface area contributed by atoms with Crippen LogP contribution in [0, 0.1) is 0 Å². The Hall–Kier alpha value is -2.09. The monoisotopic (exact) mass is 420 g/mol. The molecule has 3 atom stereocenters. The van der Waals surface area contributed by atoms with Crippen molar-refractivity contribution in [3.63, 3.8) is 0 Å². The van der Waals surface area contributed by atoms with Gasteiger partial charge in [0.2, 0.25) is 0 Å². The lowest BCUT2D eigenvalue weighted by Gasteiger charge is -2.34. The summed E-state index contributed by atoms with van der Waals surface area (Å²) in [5, 5.41) is 7.12. The zero-order valence-corrected chi connectivity index (χ0v) is 17.2. The maximum absolute atomic E-state index is 13.7. The minimum Gasteiger partial charge on any atom is -0.496 e. The van der Waals surface area contributed by atoms with Crippen LogP contribution in [0.25, 0.3) is 0 Å². The Balaban J connectivity index is 1.58. The van der Waals surface area contributed by atoms with E-state index in [1.165, 1.54) is 5.56 Å². The second-order valence-electron chi connectivity index (χ2n) is 8.11. The van der Waals surface area contributed by atoms with E-state index in [4.69, 9.17) is 9.47 Å². The Morgan fingerprint density at radius 2 is 2.00 bits per heavy atom. The molecule has 4 nitrogen and oxygen atoms in total. The van der Waals surface area contributed by atoms with Crippen LogP contribution in [0.2, 0.25) is 0 Å². The number of ether oxygens (including phenoxy) is 2. The van der Waals surface area contributed by atoms with Crippen LogP contribution in [0.5, 0.6) is 5.75 Å². The molecule has 30 heavy (non-hydrogen) atoms. The standard InChI is InChI=1S/C23H27F3N2O2/c1-22(23(24,25)26)18-11-16(20(29-2)12-17(18)14-30-22)13-28-19-9-6-10-27-21(19)15-7-4-3-5-8-15/h3-5,7-8,11-12,19,21,27-28H,6,9-10,13-14H2,1-2H3. The maximum atomic E-state index is 13.7. The Kier molecular flexibility index (Phi) is 5.79. The van der Waals surface area contributed by atoms with Crippen molar-refractivity contribution in [3.8, 4) is 5.75 Å². The quantitative estimate of drug-likeness (QED) is 0.743. The molecule has 2 aromatic rings. The topological polar surface area (TPSA) is 42.5 Å². The molecule has 2 N–H and O–H groups in total. The Bertz CT molecular complexity index is 888. The zero-order chi connectivity index (χ0) is 21.4. The van der Waals surface area contributed by atoms with Gasteiger partial charge in [-0.2, -0.15) is 13.2 Å². The second kappa shape index (κ2) is 8.21. The third kappa shape index (κ3) is 3.82. The van der Waals surface area contributed by atoms with Crippen molar-refractivity contribution in [1.82, 2.24) is 10.6 Å². The van der Waals surface area contributed by atoms with Gasteiger partial charge < -0.3 is 20.1 Å². The number of halogens is 3. The van der Waals surface area contributed by atoms with E-state index in [0.29, 0.717) is 23.4 Å². The summed E-state index contributed by atoms with van der Waals surface area (Å²) < 4.78 is 51.7. The van der Waals surface area contributed by atoms with Crippen LogP contribution in [-0.4, -0.2) is 25.9 Å². The average molecular weight is 420 g/mol. The lowest BCUT2D eigenvalue weighted by atomic mass is 9.90. The predicted octanol–water partition coefficient (Wildman–Crippen LogP) is 4.59. The molecule has 3 unspecified atom stereocenters. The molecule has 2 aliphatic heterocycles. The number of hydrogen-bond acceptors (Lipinski definition) is 4. The molecule has 2 heterocycles. The van der Waals surface area contributed by atoms with Gasteiger partial charge in [-0.15, -0.1) is 0 Å². The van der Waals surface area contributed by atoms with Gasteiger partial charge in [0.1, 0.15) is 5.75 Å². The van der Waals surface area contributed by atoms with E-state index >= 15 is 0 Å². The summed E-state index contributed by atoms with van der Waals surface area (Å²) >= 11 is 0. The highest BCUT2D eigenvalue weighted by molar-refractivity contribution is 5.47. The highest BCUT2D eigenvalue weighted by Crippen LogP contribution is 2.49. The Morgan fingerprint density at radius 1 is 1.23 bits per heavy atom. The molecule has 0 radical (unpaired) electrons. The summed E-state index contributed by atoms with van der Waals surface area (Å²) in [5.41, 5.74) is 0.316. The van der Waals surface area contributed by atoms with Crippen molar-refractivity contribution in [2.75, 3.05) is 13.7 Å². The van der Waals surface area contributed by atoms with Crippen molar-refractivity contribution in [3.05, 3.63) is 64.7 Å². The van der Waals surface area contributed by atoms with Gasteiger partial charge in [-0.25, -0.2) is 0 Å². The van der Waals surface area contributed by atoms with Crippen molar-refractivity contribution in [1.29, 1.82) is 0 Å². The first-order chi connectivity index (χ1) is 14.3. The predicted molar refractivity (Wildman–Crippen MR) is 108 cm³/mol. The van der Waals surface area contributed by atoms with Crippen LogP contribution < -0.4 is 15.4 Å². The third-order valence-electron chi connectivity index (χ3n) is 6.25. The van der Waals surface area contributed by atoms with E-state index in [1.54, 1.807) is 19.2 Å². The molecule has 0 amide bonds. The highest BCUT2D eigenvalue weighted by Gasteiger charge is 2.57. The fourth-order valence-corrected chi connectivity index (χ4v) is 4.45. The number of rotatable bonds is 5. The van der Waals surface area contributed by atoms with Crippen LogP contribution >= 0.6 is 0 Å². The average Bonchev–Trinajstić information content (AvgIpc) is 3.09. The van der Waals surface area contributed by atoms with Gasteiger partial charge in [-0.1, -0.05) is 30.3 Å². The summed E-state index contributed by atoms with van der Waals surface area (Å²) in [7, 11) is 1.54. The molecule has 1 fully saturated rings. The minimum atomic E-state index is -4.48. The van der Waals surface area contributed by atoms with Gasteiger partial charge >= 0.3 is 6.18 Å². The molecule has 4 rings (SSSR count). The van der Waals surface area contributed by atoms with Crippen LogP contribution in [0.3, 0.4) is 0 Å². The molecule has 0 aliphatic carbocycles. The van der Waals surface area contributed by atoms with Crippen LogP contribution in [-0.2, 0) is 23.5 Å². The summed E-state index contributed by atoms with van der Waals surface area (Å²) in [5.74, 6) is 0.580. The number of methoxy groups -OCH3 is 1. The Labute approximate surface area is 174 Å². The molecule has 0 spiro atoms. The summed E-state index contributed by atoms with van der Waals surface area (Å²) in [6.45, 7) is 2.39. The normalized spacial score (nSPS) is 26.4. The van der Waals surface area contributed by atoms with Crippen molar-refractivity contribution < 1.29 is 22.6 Å². The zero-order valence-electron chi connectivity index (χ0n) is 17.2. The maximum Gasteiger partial charge on any atom is 0.421 e. The number of nitrogens with one attached hydrogen (secondary N) is 2. The summed E-state index contributed by atoms with van der Waals surface area (Å²) in [6.07, 6.45) is -2.45. The van der Waals surface area contributed by atoms with Gasteiger partial charge in [0, 0.05) is 24.2 Å². The number of alkyl halides is 3. The molecule has 7 heteroatoms. The number of hydrogen-bond donors (Lipinski definition) is 2. The summed E-state index contributed by atoms with van der Waals surface area (Å²) in [6, 6.07) is 13.8. The van der Waals surface area contributed by atoms with Gasteiger partial charge in [0.15, 0.2) is 5.60 Å². The van der Waals surface area contributed by atoms with E-state index in [2.05, 4.69) is 22.8 Å². The SMILES string of the molecule is COc1cc2c(cc1CNC1CCCNC1c1ccccc1)C(C)(C(F)(F)F)OC2. The fraction of sp³-hybridized carbons (Fsp3) is 0.478. The van der Waals surface area contributed by atoms with E-state index in [0.717, 1.165) is 26.3 Å². The molecule has 162 valence electrons. The van der Waals surface area contributed by atoms with Crippen LogP contribution in [0.15, 0.2) is 42.5 Å². The van der Waals surface area contributed by atoms with Crippen LogP contribution in [0.1, 0.15) is 48.1 Å². The van der Waals surface area contributed by atoms with E-state index in [1.807, 2.05) is 18.2 Å². The number of benzene rings is 2. The molecule has 0 bridgehead atoms. The molecular formula is C23H27F3N2O2. The first kappa shape index (κ1) is 21.2. The molecule has 1 saturated heterocycles. The summed E-state index contributed by atoms with van der Waals surface area (Å²) in [4.78, 5) is 0. The number of piperidine rings is 1. The highest BCUT2D eigenvalue weighted by atomic mass is 19.4. The first-order valence-electron chi connectivity index (χ1n) is 10.3. The van der Waals surface area contributed by atoms with E-state index < -0.39 is 11.8 Å². The van der Waals surface area contributed by atoms with E-state index in [-0.39, 0.29) is 24.3 Å². The third-order valence-corrected chi connectivity index (χ3v) is 6.25. The lowest BCUT2D eigenvalue weighted by molar-refractivity contribution is -0.272. The van der Waals surface area contributed by atoms with E-state index in [9.17, 15) is 13.2 Å². The lowest BCUT2D eigenvalue weighted by Crippen LogP contribution is -2.45. The first-order valence-corrected chi connectivity index (χ1v) is 10.3. The molecule has 0 saturated carbocycles. The van der Waals surface area contributed by atoms with Gasteiger partial charge in [-0.3, -0.25) is 0 Å². The fourth-order valence-electron chi connectivity index (χ4n) is 4.45. The minimum absolute atomic E-state index is 0.0714. The van der Waals surface area contributed by atoms with Crippen LogP contribution in [0.4, 0.5) is 13.2 Å². The Morgan fingerprint density at radius 3 is 2.70 bits per heavy atom. The van der Waals surface area contributed by atoms with Gasteiger partial charge in [0.25, 0.3) is 0 Å². The van der Waals surface area contributed by atoms with Crippen molar-refractivity contribution in [2.45, 2.75) is 56.8 Å². The smallest absolute Gasteiger partial charge is 0.421 e. The molecule has 2 aliphatic rings. The number of fused-ring (bicyclic) bond motifs is 1.